The molecule has 0 heterocycles. The molecule has 0 aliphatic heterocycles. The molecule has 0 radical (unpaired) electrons. The van der Waals surface area contributed by atoms with Gasteiger partial charge in [0.15, 0.2) is 0 Å². The van der Waals surface area contributed by atoms with E-state index in [4.69, 9.17) is 22.0 Å². The smallest absolute Gasteiger partial charge is 0.339 e. The molecule has 0 spiro atoms. The highest BCUT2D eigenvalue weighted by Gasteiger charge is 2.19. The first-order chi connectivity index (χ1) is 7.97. The van der Waals surface area contributed by atoms with Gasteiger partial charge < -0.3 is 10.4 Å². The van der Waals surface area contributed by atoms with Crippen molar-refractivity contribution in [2.24, 2.45) is 0 Å². The maximum Gasteiger partial charge on any atom is 0.339 e. The first kappa shape index (κ1) is 13.5. The average molecular weight is 318 g/mol. The highest BCUT2D eigenvalue weighted by Crippen LogP contribution is 2.32. The molecule has 1 aromatic rings. The normalized spacial score (nSPS) is 9.47. The number of hydrogen-bond acceptors (Lipinski definition) is 3. The Morgan fingerprint density at radius 2 is 2.18 bits per heavy atom. The number of rotatable bonds is 3. The molecule has 0 aliphatic rings. The molecule has 0 fully saturated rings. The Bertz CT molecular complexity index is 525. The highest BCUT2D eigenvalue weighted by molar-refractivity contribution is 9.10. The number of anilines is 1. The standard InChI is InChI=1S/C10H6BrClN2O3/c11-5-1-2-6(12)8(10(16)17)9(5)14-7(15)3-4-13/h1-2H,3H2,(H,14,15)(H,16,17). The summed E-state index contributed by atoms with van der Waals surface area (Å²) in [6, 6.07) is 4.57. The largest absolute Gasteiger partial charge is 0.478 e. The lowest BCUT2D eigenvalue weighted by molar-refractivity contribution is -0.115. The van der Waals surface area contributed by atoms with Gasteiger partial charge in [-0.15, -0.1) is 0 Å². The summed E-state index contributed by atoms with van der Waals surface area (Å²) in [6.07, 6.45) is -0.363. The van der Waals surface area contributed by atoms with Crippen LogP contribution in [0.3, 0.4) is 0 Å². The molecule has 5 nitrogen and oxygen atoms in total. The number of halogens is 2. The Balaban J connectivity index is 3.22. The van der Waals surface area contributed by atoms with Crippen molar-refractivity contribution in [1.29, 1.82) is 5.26 Å². The fourth-order valence-corrected chi connectivity index (χ4v) is 1.81. The third-order valence-corrected chi connectivity index (χ3v) is 2.80. The number of benzene rings is 1. The average Bonchev–Trinajstić information content (AvgIpc) is 2.23. The molecule has 1 rings (SSSR count). The van der Waals surface area contributed by atoms with Gasteiger partial charge in [0.05, 0.1) is 16.8 Å². The minimum Gasteiger partial charge on any atom is -0.478 e. The van der Waals surface area contributed by atoms with Crippen LogP contribution in [0, 0.1) is 11.3 Å². The Kier molecular flexibility index (Phi) is 4.49. The lowest BCUT2D eigenvalue weighted by Crippen LogP contribution is -2.14. The lowest BCUT2D eigenvalue weighted by Gasteiger charge is -2.10. The number of nitrogens with zero attached hydrogens (tertiary/aromatic N) is 1. The number of carbonyl (C=O) groups excluding carboxylic acids is 1. The second-order valence-corrected chi connectivity index (χ2v) is 4.23. The monoisotopic (exact) mass is 316 g/mol. The molecule has 7 heteroatoms. The van der Waals surface area contributed by atoms with Crippen LogP contribution in [0.25, 0.3) is 0 Å². The summed E-state index contributed by atoms with van der Waals surface area (Å²) in [5.74, 6) is -1.86. The lowest BCUT2D eigenvalue weighted by atomic mass is 10.1. The van der Waals surface area contributed by atoms with Crippen molar-refractivity contribution in [1.82, 2.24) is 0 Å². The summed E-state index contributed by atoms with van der Waals surface area (Å²) >= 11 is 8.85. The van der Waals surface area contributed by atoms with E-state index in [0.717, 1.165) is 0 Å². The minimum atomic E-state index is -1.26. The maximum absolute atomic E-state index is 11.3. The molecule has 0 aliphatic carbocycles. The van der Waals surface area contributed by atoms with E-state index >= 15 is 0 Å². The number of carboxylic acid groups (broad SMARTS) is 1. The predicted octanol–water partition coefficient (Wildman–Crippen LogP) is 2.65. The van der Waals surface area contributed by atoms with Crippen LogP contribution in [0.2, 0.25) is 5.02 Å². The SMILES string of the molecule is N#CCC(=O)Nc1c(Br)ccc(Cl)c1C(=O)O. The molecule has 1 aromatic carbocycles. The number of amides is 1. The van der Waals surface area contributed by atoms with Gasteiger partial charge in [0.1, 0.15) is 12.0 Å². The fourth-order valence-electron chi connectivity index (χ4n) is 1.14. The van der Waals surface area contributed by atoms with Crippen molar-refractivity contribution in [3.63, 3.8) is 0 Å². The zero-order valence-electron chi connectivity index (χ0n) is 8.33. The Morgan fingerprint density at radius 3 is 2.71 bits per heavy atom. The van der Waals surface area contributed by atoms with Crippen LogP contribution in [-0.4, -0.2) is 17.0 Å². The van der Waals surface area contributed by atoms with E-state index in [2.05, 4.69) is 21.2 Å². The minimum absolute atomic E-state index is 0.00737. The predicted molar refractivity (Wildman–Crippen MR) is 65.0 cm³/mol. The molecule has 2 N–H and O–H groups in total. The Hall–Kier alpha value is -1.58. The van der Waals surface area contributed by atoms with Gasteiger partial charge in [-0.05, 0) is 28.1 Å². The van der Waals surface area contributed by atoms with E-state index in [1.807, 2.05) is 0 Å². The number of aromatic carboxylic acids is 1. The van der Waals surface area contributed by atoms with E-state index in [1.165, 1.54) is 12.1 Å². The van der Waals surface area contributed by atoms with Crippen molar-refractivity contribution >= 4 is 45.1 Å². The summed E-state index contributed by atoms with van der Waals surface area (Å²) in [5, 5.41) is 19.7. The van der Waals surface area contributed by atoms with Gasteiger partial charge in [0, 0.05) is 4.47 Å². The van der Waals surface area contributed by atoms with E-state index in [9.17, 15) is 9.59 Å². The number of carboxylic acids is 1. The molecule has 88 valence electrons. The van der Waals surface area contributed by atoms with Crippen LogP contribution in [-0.2, 0) is 4.79 Å². The summed E-state index contributed by atoms with van der Waals surface area (Å²) in [5.41, 5.74) is -0.169. The second kappa shape index (κ2) is 5.66. The van der Waals surface area contributed by atoms with Gasteiger partial charge in [-0.3, -0.25) is 4.79 Å². The zero-order chi connectivity index (χ0) is 13.0. The van der Waals surface area contributed by atoms with E-state index in [1.54, 1.807) is 6.07 Å². The number of nitrogens with one attached hydrogen (secondary N) is 1. The molecular weight excluding hydrogens is 311 g/mol. The first-order valence-corrected chi connectivity index (χ1v) is 5.52. The second-order valence-electron chi connectivity index (χ2n) is 2.97. The molecule has 0 saturated carbocycles. The van der Waals surface area contributed by atoms with Crippen molar-refractivity contribution in [2.45, 2.75) is 6.42 Å². The van der Waals surface area contributed by atoms with Gasteiger partial charge in [0.2, 0.25) is 5.91 Å². The summed E-state index contributed by atoms with van der Waals surface area (Å²) < 4.78 is 0.380. The highest BCUT2D eigenvalue weighted by atomic mass is 79.9. The molecular formula is C10H6BrClN2O3. The van der Waals surface area contributed by atoms with Crippen LogP contribution in [0.5, 0.6) is 0 Å². The maximum atomic E-state index is 11.3. The van der Waals surface area contributed by atoms with Crippen LogP contribution < -0.4 is 5.32 Å². The summed E-state index contributed by atoms with van der Waals surface area (Å²) in [6.45, 7) is 0. The van der Waals surface area contributed by atoms with Crippen molar-refractivity contribution in [2.75, 3.05) is 5.32 Å². The van der Waals surface area contributed by atoms with E-state index in [-0.39, 0.29) is 22.7 Å². The molecule has 0 aromatic heterocycles. The van der Waals surface area contributed by atoms with E-state index in [0.29, 0.717) is 4.47 Å². The van der Waals surface area contributed by atoms with Crippen LogP contribution in [0.1, 0.15) is 16.8 Å². The summed E-state index contributed by atoms with van der Waals surface area (Å²) in [7, 11) is 0. The van der Waals surface area contributed by atoms with E-state index < -0.39 is 11.9 Å². The van der Waals surface area contributed by atoms with Crippen molar-refractivity contribution in [3.8, 4) is 6.07 Å². The molecule has 1 amide bonds. The third kappa shape index (κ3) is 3.19. The summed E-state index contributed by atoms with van der Waals surface area (Å²) in [4.78, 5) is 22.3. The van der Waals surface area contributed by atoms with Crippen LogP contribution >= 0.6 is 27.5 Å². The first-order valence-electron chi connectivity index (χ1n) is 4.35. The number of nitriles is 1. The van der Waals surface area contributed by atoms with Gasteiger partial charge >= 0.3 is 5.97 Å². The number of carbonyl (C=O) groups is 2. The molecule has 0 atom stereocenters. The van der Waals surface area contributed by atoms with Crippen molar-refractivity contribution < 1.29 is 14.7 Å². The zero-order valence-corrected chi connectivity index (χ0v) is 10.7. The third-order valence-electron chi connectivity index (χ3n) is 1.82. The molecule has 17 heavy (non-hydrogen) atoms. The van der Waals surface area contributed by atoms with Gasteiger partial charge in [-0.2, -0.15) is 5.26 Å². The topological polar surface area (TPSA) is 90.2 Å². The van der Waals surface area contributed by atoms with Gasteiger partial charge in [-0.1, -0.05) is 11.6 Å². The van der Waals surface area contributed by atoms with Crippen LogP contribution in [0.15, 0.2) is 16.6 Å². The molecule has 0 saturated heterocycles. The van der Waals surface area contributed by atoms with Gasteiger partial charge in [0.25, 0.3) is 0 Å². The molecule has 0 unspecified atom stereocenters. The fraction of sp³-hybridized carbons (Fsp3) is 0.100. The van der Waals surface area contributed by atoms with Crippen molar-refractivity contribution in [3.05, 3.63) is 27.2 Å². The number of hydrogen-bond donors (Lipinski definition) is 2. The van der Waals surface area contributed by atoms with Gasteiger partial charge in [-0.25, -0.2) is 4.79 Å². The van der Waals surface area contributed by atoms with Crippen LogP contribution in [0.4, 0.5) is 5.69 Å². The quantitative estimate of drug-likeness (QED) is 0.896. The molecule has 0 bridgehead atoms. The Morgan fingerprint density at radius 1 is 1.53 bits per heavy atom. The Labute approximate surface area is 110 Å².